The van der Waals surface area contributed by atoms with E-state index in [4.69, 9.17) is 11.0 Å². The molecule has 19 heavy (non-hydrogen) atoms. The minimum atomic E-state index is -0.370. The zero-order chi connectivity index (χ0) is 13.8. The molecule has 2 N–H and O–H groups in total. The molecule has 1 aromatic rings. The van der Waals surface area contributed by atoms with E-state index in [0.29, 0.717) is 11.1 Å². The molecule has 1 fully saturated rings. The summed E-state index contributed by atoms with van der Waals surface area (Å²) in [7, 11) is 0. The highest BCUT2D eigenvalue weighted by molar-refractivity contribution is 5.98. The zero-order valence-electron chi connectivity index (χ0n) is 10.5. The predicted molar refractivity (Wildman–Crippen MR) is 69.3 cm³/mol. The smallest absolute Gasteiger partial charge is 0.234 e. The molecule has 1 aliphatic rings. The van der Waals surface area contributed by atoms with Crippen molar-refractivity contribution in [2.75, 3.05) is 13.1 Å². The second-order valence-electron chi connectivity index (χ2n) is 4.64. The fraction of sp³-hybridized carbons (Fsp3) is 0.357. The van der Waals surface area contributed by atoms with Crippen LogP contribution in [0.5, 0.6) is 0 Å². The molecular formula is C14H15N3O2. The van der Waals surface area contributed by atoms with Crippen molar-refractivity contribution in [1.82, 2.24) is 4.90 Å². The molecule has 5 heteroatoms. The number of Topliss-reactive ketones (excluding diaryl/α,β-unsaturated/α-hetero) is 1. The van der Waals surface area contributed by atoms with Gasteiger partial charge < -0.3 is 5.73 Å². The summed E-state index contributed by atoms with van der Waals surface area (Å²) in [6.45, 7) is 0.912. The molecule has 1 amide bonds. The van der Waals surface area contributed by atoms with Crippen LogP contribution in [0.1, 0.15) is 28.8 Å². The minimum Gasteiger partial charge on any atom is -0.368 e. The van der Waals surface area contributed by atoms with Crippen LogP contribution in [0.4, 0.5) is 0 Å². The highest BCUT2D eigenvalue weighted by Crippen LogP contribution is 2.17. The van der Waals surface area contributed by atoms with E-state index in [1.807, 2.05) is 11.0 Å². The van der Waals surface area contributed by atoms with E-state index in [0.717, 1.165) is 19.4 Å². The largest absolute Gasteiger partial charge is 0.368 e. The van der Waals surface area contributed by atoms with Crippen LogP contribution < -0.4 is 5.73 Å². The third kappa shape index (κ3) is 2.98. The van der Waals surface area contributed by atoms with Crippen LogP contribution in [-0.4, -0.2) is 35.7 Å². The van der Waals surface area contributed by atoms with Crippen LogP contribution in [0.25, 0.3) is 0 Å². The summed E-state index contributed by atoms with van der Waals surface area (Å²) < 4.78 is 0. The summed E-state index contributed by atoms with van der Waals surface area (Å²) in [5.74, 6) is -0.428. The lowest BCUT2D eigenvalue weighted by atomic mass is 10.1. The first-order chi connectivity index (χ1) is 9.11. The lowest BCUT2D eigenvalue weighted by Crippen LogP contribution is -2.42. The van der Waals surface area contributed by atoms with Gasteiger partial charge in [0.2, 0.25) is 5.91 Å². The Morgan fingerprint density at radius 2 is 2.05 bits per heavy atom. The second kappa shape index (κ2) is 5.63. The van der Waals surface area contributed by atoms with E-state index in [-0.39, 0.29) is 24.3 Å². The molecule has 0 saturated carbocycles. The number of rotatable bonds is 4. The molecule has 1 aromatic carbocycles. The van der Waals surface area contributed by atoms with Crippen molar-refractivity contribution in [1.29, 1.82) is 5.26 Å². The average molecular weight is 257 g/mol. The molecule has 1 aliphatic heterocycles. The Bertz CT molecular complexity index is 531. The topological polar surface area (TPSA) is 87.2 Å². The fourth-order valence-corrected chi connectivity index (χ4v) is 2.34. The standard InChI is InChI=1S/C14H15N3O2/c15-8-10-3-5-11(6-4-10)13(18)9-17-7-1-2-12(17)14(16)19/h3-6,12H,1-2,7,9H2,(H2,16,19). The van der Waals surface area contributed by atoms with Crippen LogP contribution >= 0.6 is 0 Å². The minimum absolute atomic E-state index is 0.0577. The van der Waals surface area contributed by atoms with Gasteiger partial charge >= 0.3 is 0 Å². The number of hydrogen-bond acceptors (Lipinski definition) is 4. The normalized spacial score (nSPS) is 19.0. The number of primary amides is 1. The van der Waals surface area contributed by atoms with Gasteiger partial charge in [0.05, 0.1) is 24.2 Å². The van der Waals surface area contributed by atoms with E-state index < -0.39 is 0 Å². The first-order valence-corrected chi connectivity index (χ1v) is 6.18. The average Bonchev–Trinajstić information content (AvgIpc) is 2.87. The van der Waals surface area contributed by atoms with E-state index in [2.05, 4.69) is 0 Å². The fourth-order valence-electron chi connectivity index (χ4n) is 2.34. The van der Waals surface area contributed by atoms with Crippen LogP contribution in [0.15, 0.2) is 24.3 Å². The van der Waals surface area contributed by atoms with Gasteiger partial charge in [-0.3, -0.25) is 14.5 Å². The van der Waals surface area contributed by atoms with Gasteiger partial charge in [0.1, 0.15) is 0 Å². The van der Waals surface area contributed by atoms with Crippen molar-refractivity contribution >= 4 is 11.7 Å². The van der Waals surface area contributed by atoms with E-state index in [1.54, 1.807) is 24.3 Å². The maximum Gasteiger partial charge on any atom is 0.234 e. The number of nitrogens with zero attached hydrogens (tertiary/aromatic N) is 2. The molecular weight excluding hydrogens is 242 g/mol. The molecule has 0 aliphatic carbocycles. The van der Waals surface area contributed by atoms with Gasteiger partial charge in [-0.15, -0.1) is 0 Å². The summed E-state index contributed by atoms with van der Waals surface area (Å²) in [6.07, 6.45) is 1.60. The first kappa shape index (κ1) is 13.2. The third-order valence-corrected chi connectivity index (χ3v) is 3.37. The van der Waals surface area contributed by atoms with Gasteiger partial charge in [0, 0.05) is 5.56 Å². The Morgan fingerprint density at radius 1 is 1.37 bits per heavy atom. The number of amides is 1. The first-order valence-electron chi connectivity index (χ1n) is 6.18. The predicted octanol–water partition coefficient (Wildman–Crippen LogP) is 0.691. The lowest BCUT2D eigenvalue weighted by molar-refractivity contribution is -0.122. The molecule has 98 valence electrons. The van der Waals surface area contributed by atoms with Crippen LogP contribution in [0.2, 0.25) is 0 Å². The molecule has 0 bridgehead atoms. The molecule has 1 atom stereocenters. The van der Waals surface area contributed by atoms with Gasteiger partial charge in [-0.2, -0.15) is 5.26 Å². The number of likely N-dealkylation sites (tertiary alicyclic amines) is 1. The van der Waals surface area contributed by atoms with Gasteiger partial charge in [-0.1, -0.05) is 12.1 Å². The third-order valence-electron chi connectivity index (χ3n) is 3.37. The number of carbonyl (C=O) groups is 2. The van der Waals surface area contributed by atoms with Crippen molar-refractivity contribution in [3.05, 3.63) is 35.4 Å². The number of carbonyl (C=O) groups excluding carboxylic acids is 2. The monoisotopic (exact) mass is 257 g/mol. The van der Waals surface area contributed by atoms with Crippen LogP contribution in [0.3, 0.4) is 0 Å². The summed E-state index contributed by atoms with van der Waals surface area (Å²) in [5.41, 5.74) is 6.38. The Labute approximate surface area is 111 Å². The molecule has 5 nitrogen and oxygen atoms in total. The van der Waals surface area contributed by atoms with Gasteiger partial charge in [0.15, 0.2) is 5.78 Å². The highest BCUT2D eigenvalue weighted by atomic mass is 16.1. The molecule has 1 heterocycles. The SMILES string of the molecule is N#Cc1ccc(C(=O)CN2CCCC2C(N)=O)cc1. The number of nitriles is 1. The lowest BCUT2D eigenvalue weighted by Gasteiger charge is -2.20. The summed E-state index contributed by atoms with van der Waals surface area (Å²) >= 11 is 0. The molecule has 1 saturated heterocycles. The van der Waals surface area contributed by atoms with Crippen molar-refractivity contribution in [2.24, 2.45) is 5.73 Å². The van der Waals surface area contributed by atoms with Crippen LogP contribution in [-0.2, 0) is 4.79 Å². The summed E-state index contributed by atoms with van der Waals surface area (Å²) in [5, 5.41) is 8.70. The Hall–Kier alpha value is -2.19. The van der Waals surface area contributed by atoms with Crippen molar-refractivity contribution in [3.63, 3.8) is 0 Å². The Balaban J connectivity index is 2.04. The van der Waals surface area contributed by atoms with Gasteiger partial charge in [-0.25, -0.2) is 0 Å². The van der Waals surface area contributed by atoms with Gasteiger partial charge in [0.25, 0.3) is 0 Å². The molecule has 0 radical (unpaired) electrons. The second-order valence-corrected chi connectivity index (χ2v) is 4.64. The van der Waals surface area contributed by atoms with E-state index in [1.165, 1.54) is 0 Å². The number of ketones is 1. The Kier molecular flexibility index (Phi) is 3.93. The van der Waals surface area contributed by atoms with Crippen molar-refractivity contribution in [3.8, 4) is 6.07 Å². The highest BCUT2D eigenvalue weighted by Gasteiger charge is 2.30. The molecule has 1 unspecified atom stereocenters. The van der Waals surface area contributed by atoms with Crippen molar-refractivity contribution < 1.29 is 9.59 Å². The molecule has 2 rings (SSSR count). The Morgan fingerprint density at radius 3 is 2.63 bits per heavy atom. The summed E-state index contributed by atoms with van der Waals surface area (Å²) in [6, 6.07) is 8.17. The quantitative estimate of drug-likeness (QED) is 0.804. The van der Waals surface area contributed by atoms with E-state index >= 15 is 0 Å². The maximum absolute atomic E-state index is 12.1. The molecule has 0 aromatic heterocycles. The maximum atomic E-state index is 12.1. The zero-order valence-corrected chi connectivity index (χ0v) is 10.5. The van der Waals surface area contributed by atoms with E-state index in [9.17, 15) is 9.59 Å². The molecule has 0 spiro atoms. The van der Waals surface area contributed by atoms with Crippen molar-refractivity contribution in [2.45, 2.75) is 18.9 Å². The number of benzene rings is 1. The van der Waals surface area contributed by atoms with Crippen LogP contribution in [0, 0.1) is 11.3 Å². The number of nitrogens with two attached hydrogens (primary N) is 1. The summed E-state index contributed by atoms with van der Waals surface area (Å²) in [4.78, 5) is 25.2. The van der Waals surface area contributed by atoms with Gasteiger partial charge in [-0.05, 0) is 31.5 Å². The number of hydrogen-bond donors (Lipinski definition) is 1.